The van der Waals surface area contributed by atoms with Crippen molar-refractivity contribution in [1.82, 2.24) is 0 Å². The fourth-order valence-corrected chi connectivity index (χ4v) is 1.41. The SMILES string of the molecule is C#CC(CC)Nc1cc(C)ccc1C(=O)O. The minimum atomic E-state index is -0.950. The molecule has 3 nitrogen and oxygen atoms in total. The van der Waals surface area contributed by atoms with Crippen molar-refractivity contribution in [3.8, 4) is 12.3 Å². The van der Waals surface area contributed by atoms with Gasteiger partial charge in [-0.25, -0.2) is 4.79 Å². The number of terminal acetylenes is 1. The number of nitrogens with one attached hydrogen (secondary N) is 1. The zero-order valence-corrected chi connectivity index (χ0v) is 9.45. The lowest BCUT2D eigenvalue weighted by atomic mass is 10.1. The van der Waals surface area contributed by atoms with E-state index in [1.165, 1.54) is 0 Å². The largest absolute Gasteiger partial charge is 0.478 e. The van der Waals surface area contributed by atoms with Crippen molar-refractivity contribution in [2.45, 2.75) is 26.3 Å². The topological polar surface area (TPSA) is 49.3 Å². The summed E-state index contributed by atoms with van der Waals surface area (Å²) in [6.45, 7) is 3.86. The summed E-state index contributed by atoms with van der Waals surface area (Å²) in [5.41, 5.74) is 1.83. The van der Waals surface area contributed by atoms with E-state index in [-0.39, 0.29) is 11.6 Å². The molecule has 1 rings (SSSR count). The highest BCUT2D eigenvalue weighted by Gasteiger charge is 2.11. The Hall–Kier alpha value is -1.95. The van der Waals surface area contributed by atoms with Crippen molar-refractivity contribution < 1.29 is 9.90 Å². The Morgan fingerprint density at radius 1 is 1.62 bits per heavy atom. The standard InChI is InChI=1S/C13H15NO2/c1-4-10(5-2)14-12-8-9(3)6-7-11(12)13(15)16/h1,6-8,10,14H,5H2,2-3H3,(H,15,16). The fraction of sp³-hybridized carbons (Fsp3) is 0.308. The molecular weight excluding hydrogens is 202 g/mol. The maximum Gasteiger partial charge on any atom is 0.337 e. The van der Waals surface area contributed by atoms with E-state index in [0.29, 0.717) is 5.69 Å². The van der Waals surface area contributed by atoms with Crippen LogP contribution in [0.5, 0.6) is 0 Å². The van der Waals surface area contributed by atoms with Gasteiger partial charge in [0.2, 0.25) is 0 Å². The van der Waals surface area contributed by atoms with E-state index < -0.39 is 5.97 Å². The Labute approximate surface area is 95.5 Å². The molecule has 0 spiro atoms. The van der Waals surface area contributed by atoms with E-state index in [0.717, 1.165) is 12.0 Å². The van der Waals surface area contributed by atoms with E-state index in [9.17, 15) is 4.79 Å². The first kappa shape index (κ1) is 12.1. The smallest absolute Gasteiger partial charge is 0.337 e. The van der Waals surface area contributed by atoms with Gasteiger partial charge >= 0.3 is 5.97 Å². The van der Waals surface area contributed by atoms with Gasteiger partial charge in [-0.05, 0) is 31.0 Å². The molecule has 1 aromatic rings. The van der Waals surface area contributed by atoms with Crippen LogP contribution in [0.1, 0.15) is 29.3 Å². The van der Waals surface area contributed by atoms with Crippen molar-refractivity contribution in [2.24, 2.45) is 0 Å². The van der Waals surface area contributed by atoms with Gasteiger partial charge in [-0.2, -0.15) is 0 Å². The summed E-state index contributed by atoms with van der Waals surface area (Å²) >= 11 is 0. The van der Waals surface area contributed by atoms with Gasteiger partial charge < -0.3 is 10.4 Å². The lowest BCUT2D eigenvalue weighted by Gasteiger charge is -2.15. The van der Waals surface area contributed by atoms with Gasteiger partial charge in [0, 0.05) is 5.69 Å². The number of rotatable bonds is 4. The lowest BCUT2D eigenvalue weighted by Crippen LogP contribution is -2.18. The summed E-state index contributed by atoms with van der Waals surface area (Å²) in [7, 11) is 0. The Morgan fingerprint density at radius 2 is 2.31 bits per heavy atom. The number of anilines is 1. The molecule has 84 valence electrons. The molecule has 3 heteroatoms. The molecule has 0 aliphatic heterocycles. The number of carbonyl (C=O) groups is 1. The average molecular weight is 217 g/mol. The van der Waals surface area contributed by atoms with E-state index in [2.05, 4.69) is 11.2 Å². The molecule has 0 aliphatic rings. The van der Waals surface area contributed by atoms with Crippen molar-refractivity contribution in [1.29, 1.82) is 0 Å². The first-order chi connectivity index (χ1) is 7.58. The summed E-state index contributed by atoms with van der Waals surface area (Å²) in [6.07, 6.45) is 6.09. The number of hydrogen-bond donors (Lipinski definition) is 2. The number of carboxylic acid groups (broad SMARTS) is 1. The molecule has 0 fully saturated rings. The van der Waals surface area contributed by atoms with Crippen molar-refractivity contribution in [3.05, 3.63) is 29.3 Å². The van der Waals surface area contributed by atoms with Crippen LogP contribution in [0.15, 0.2) is 18.2 Å². The zero-order valence-electron chi connectivity index (χ0n) is 9.45. The highest BCUT2D eigenvalue weighted by atomic mass is 16.4. The van der Waals surface area contributed by atoms with Gasteiger partial charge in [-0.3, -0.25) is 0 Å². The molecule has 0 bridgehead atoms. The normalized spacial score (nSPS) is 11.6. The van der Waals surface area contributed by atoms with Crippen LogP contribution in [-0.2, 0) is 0 Å². The number of aromatic carboxylic acids is 1. The van der Waals surface area contributed by atoms with Crippen LogP contribution >= 0.6 is 0 Å². The second-order valence-corrected chi connectivity index (χ2v) is 3.63. The number of carboxylic acids is 1. The highest BCUT2D eigenvalue weighted by Crippen LogP contribution is 2.19. The van der Waals surface area contributed by atoms with Crippen LogP contribution in [0, 0.1) is 19.3 Å². The van der Waals surface area contributed by atoms with Crippen molar-refractivity contribution in [2.75, 3.05) is 5.32 Å². The monoisotopic (exact) mass is 217 g/mol. The molecule has 2 N–H and O–H groups in total. The number of hydrogen-bond acceptors (Lipinski definition) is 2. The quantitative estimate of drug-likeness (QED) is 0.762. The summed E-state index contributed by atoms with van der Waals surface area (Å²) in [5, 5.41) is 12.1. The third-order valence-corrected chi connectivity index (χ3v) is 2.34. The summed E-state index contributed by atoms with van der Waals surface area (Å²) in [6, 6.07) is 5.01. The Morgan fingerprint density at radius 3 is 2.81 bits per heavy atom. The Kier molecular flexibility index (Phi) is 3.96. The summed E-state index contributed by atoms with van der Waals surface area (Å²) in [4.78, 5) is 11.0. The number of aryl methyl sites for hydroxylation is 1. The van der Waals surface area contributed by atoms with Crippen LogP contribution < -0.4 is 5.32 Å². The summed E-state index contributed by atoms with van der Waals surface area (Å²) in [5.74, 6) is 1.63. The molecule has 1 atom stereocenters. The highest BCUT2D eigenvalue weighted by molar-refractivity contribution is 5.94. The van der Waals surface area contributed by atoms with E-state index in [1.54, 1.807) is 18.2 Å². The minimum absolute atomic E-state index is 0.139. The van der Waals surface area contributed by atoms with Crippen molar-refractivity contribution >= 4 is 11.7 Å². The molecule has 0 saturated heterocycles. The third kappa shape index (κ3) is 2.77. The average Bonchev–Trinajstić information content (AvgIpc) is 2.25. The van der Waals surface area contributed by atoms with Gasteiger partial charge in [-0.15, -0.1) is 6.42 Å². The second kappa shape index (κ2) is 5.22. The maximum absolute atomic E-state index is 11.0. The van der Waals surface area contributed by atoms with Crippen molar-refractivity contribution in [3.63, 3.8) is 0 Å². The molecule has 1 unspecified atom stereocenters. The van der Waals surface area contributed by atoms with Gasteiger partial charge in [0.15, 0.2) is 0 Å². The molecule has 0 amide bonds. The number of benzene rings is 1. The fourth-order valence-electron chi connectivity index (χ4n) is 1.41. The second-order valence-electron chi connectivity index (χ2n) is 3.63. The van der Waals surface area contributed by atoms with E-state index >= 15 is 0 Å². The first-order valence-corrected chi connectivity index (χ1v) is 5.15. The van der Waals surface area contributed by atoms with Gasteiger partial charge in [0.1, 0.15) is 0 Å². The zero-order chi connectivity index (χ0) is 12.1. The lowest BCUT2D eigenvalue weighted by molar-refractivity contribution is 0.0698. The molecular formula is C13H15NO2. The van der Waals surface area contributed by atoms with Gasteiger partial charge in [0.05, 0.1) is 11.6 Å². The van der Waals surface area contributed by atoms with Crippen LogP contribution in [0.4, 0.5) is 5.69 Å². The Bertz CT molecular complexity index is 432. The molecule has 0 aliphatic carbocycles. The van der Waals surface area contributed by atoms with E-state index in [4.69, 9.17) is 11.5 Å². The minimum Gasteiger partial charge on any atom is -0.478 e. The Balaban J connectivity index is 3.06. The van der Waals surface area contributed by atoms with Gasteiger partial charge in [0.25, 0.3) is 0 Å². The summed E-state index contributed by atoms with van der Waals surface area (Å²) < 4.78 is 0. The molecule has 0 saturated carbocycles. The maximum atomic E-state index is 11.0. The molecule has 0 radical (unpaired) electrons. The van der Waals surface area contributed by atoms with Crippen LogP contribution in [0.25, 0.3) is 0 Å². The van der Waals surface area contributed by atoms with Crippen LogP contribution in [0.3, 0.4) is 0 Å². The molecule has 1 aromatic carbocycles. The van der Waals surface area contributed by atoms with Gasteiger partial charge in [-0.1, -0.05) is 18.9 Å². The molecule has 0 heterocycles. The molecule has 16 heavy (non-hydrogen) atoms. The molecule has 0 aromatic heterocycles. The predicted octanol–water partition coefficient (Wildman–Crippen LogP) is 2.52. The van der Waals surface area contributed by atoms with Crippen LogP contribution in [0.2, 0.25) is 0 Å². The van der Waals surface area contributed by atoms with E-state index in [1.807, 2.05) is 13.8 Å². The van der Waals surface area contributed by atoms with Crippen LogP contribution in [-0.4, -0.2) is 17.1 Å². The first-order valence-electron chi connectivity index (χ1n) is 5.15. The third-order valence-electron chi connectivity index (χ3n) is 2.34. The predicted molar refractivity (Wildman–Crippen MR) is 64.7 cm³/mol.